The number of anilines is 1. The molecule has 0 saturated carbocycles. The van der Waals surface area contributed by atoms with E-state index in [4.69, 9.17) is 0 Å². The van der Waals surface area contributed by atoms with Crippen LogP contribution in [0.1, 0.15) is 22.6 Å². The van der Waals surface area contributed by atoms with Crippen LogP contribution < -0.4 is 10.2 Å². The Bertz CT molecular complexity index is 580. The molecule has 2 aromatic rings. The summed E-state index contributed by atoms with van der Waals surface area (Å²) < 4.78 is 0. The third-order valence-corrected chi connectivity index (χ3v) is 3.12. The van der Waals surface area contributed by atoms with Gasteiger partial charge in [-0.1, -0.05) is 6.07 Å². The fraction of sp³-hybridized carbons (Fsp3) is 0.375. The van der Waals surface area contributed by atoms with Crippen molar-refractivity contribution in [2.24, 2.45) is 0 Å². The van der Waals surface area contributed by atoms with Gasteiger partial charge in [-0.15, -0.1) is 0 Å². The number of hydrogen-bond donors (Lipinski definition) is 1. The van der Waals surface area contributed by atoms with Gasteiger partial charge < -0.3 is 10.2 Å². The SMILES string of the molecule is CNCc1cc(C)nc(N(C)Cc2cccc(C)n2)c1. The first kappa shape index (κ1) is 14.5. The number of aryl methyl sites for hydroxylation is 2. The summed E-state index contributed by atoms with van der Waals surface area (Å²) in [6.45, 7) is 5.66. The van der Waals surface area contributed by atoms with Gasteiger partial charge in [0.1, 0.15) is 5.82 Å². The molecule has 0 aliphatic carbocycles. The van der Waals surface area contributed by atoms with Crippen LogP contribution in [0.3, 0.4) is 0 Å². The lowest BCUT2D eigenvalue weighted by Gasteiger charge is -2.19. The van der Waals surface area contributed by atoms with Crippen molar-refractivity contribution in [2.75, 3.05) is 19.0 Å². The van der Waals surface area contributed by atoms with E-state index in [9.17, 15) is 0 Å². The van der Waals surface area contributed by atoms with Gasteiger partial charge in [0.25, 0.3) is 0 Å². The second-order valence-electron chi connectivity index (χ2n) is 5.13. The third-order valence-electron chi connectivity index (χ3n) is 3.12. The summed E-state index contributed by atoms with van der Waals surface area (Å²) in [6.07, 6.45) is 0. The normalized spacial score (nSPS) is 10.6. The highest BCUT2D eigenvalue weighted by atomic mass is 15.2. The molecule has 0 fully saturated rings. The fourth-order valence-electron chi connectivity index (χ4n) is 2.23. The summed E-state index contributed by atoms with van der Waals surface area (Å²) in [5.74, 6) is 0.985. The Kier molecular flexibility index (Phi) is 4.69. The van der Waals surface area contributed by atoms with Crippen molar-refractivity contribution in [3.63, 3.8) is 0 Å². The predicted molar refractivity (Wildman–Crippen MR) is 82.8 cm³/mol. The first-order valence-electron chi connectivity index (χ1n) is 6.84. The minimum absolute atomic E-state index is 0.761. The van der Waals surface area contributed by atoms with Crippen LogP contribution in [0.15, 0.2) is 30.3 Å². The molecule has 4 heteroatoms. The monoisotopic (exact) mass is 270 g/mol. The summed E-state index contributed by atoms with van der Waals surface area (Å²) in [5.41, 5.74) is 4.39. The highest BCUT2D eigenvalue weighted by molar-refractivity contribution is 5.42. The molecule has 0 aromatic carbocycles. The zero-order valence-electron chi connectivity index (χ0n) is 12.6. The minimum atomic E-state index is 0.761. The number of aromatic nitrogens is 2. The highest BCUT2D eigenvalue weighted by Crippen LogP contribution is 2.16. The summed E-state index contributed by atoms with van der Waals surface area (Å²) in [6, 6.07) is 10.3. The van der Waals surface area contributed by atoms with E-state index in [2.05, 4.69) is 39.4 Å². The van der Waals surface area contributed by atoms with Crippen LogP contribution in [-0.2, 0) is 13.1 Å². The van der Waals surface area contributed by atoms with Gasteiger partial charge in [-0.2, -0.15) is 0 Å². The second-order valence-corrected chi connectivity index (χ2v) is 5.13. The molecule has 4 nitrogen and oxygen atoms in total. The van der Waals surface area contributed by atoms with Crippen molar-refractivity contribution in [2.45, 2.75) is 26.9 Å². The molecular weight excluding hydrogens is 248 g/mol. The topological polar surface area (TPSA) is 41.1 Å². The molecule has 0 aliphatic heterocycles. The molecule has 106 valence electrons. The molecule has 0 amide bonds. The van der Waals surface area contributed by atoms with Gasteiger partial charge in [0.15, 0.2) is 0 Å². The molecule has 0 spiro atoms. The largest absolute Gasteiger partial charge is 0.354 e. The molecule has 0 radical (unpaired) electrons. The zero-order valence-corrected chi connectivity index (χ0v) is 12.6. The first-order chi connectivity index (χ1) is 9.58. The standard InChI is InChI=1S/C16H22N4/c1-12-6-5-7-15(18-12)11-20(4)16-9-14(10-17-3)8-13(2)19-16/h5-9,17H,10-11H2,1-4H3. The molecule has 0 unspecified atom stereocenters. The average molecular weight is 270 g/mol. The van der Waals surface area contributed by atoms with Gasteiger partial charge in [-0.25, -0.2) is 4.98 Å². The van der Waals surface area contributed by atoms with Crippen molar-refractivity contribution in [3.05, 3.63) is 53.0 Å². The van der Waals surface area contributed by atoms with Gasteiger partial charge in [-0.05, 0) is 50.7 Å². The quantitative estimate of drug-likeness (QED) is 0.906. The summed E-state index contributed by atoms with van der Waals surface area (Å²) in [4.78, 5) is 11.3. The smallest absolute Gasteiger partial charge is 0.129 e. The maximum Gasteiger partial charge on any atom is 0.129 e. The van der Waals surface area contributed by atoms with Crippen molar-refractivity contribution >= 4 is 5.82 Å². The van der Waals surface area contributed by atoms with Crippen molar-refractivity contribution in [3.8, 4) is 0 Å². The Morgan fingerprint density at radius 1 is 1.10 bits per heavy atom. The Morgan fingerprint density at radius 2 is 1.90 bits per heavy atom. The highest BCUT2D eigenvalue weighted by Gasteiger charge is 2.07. The molecule has 0 saturated heterocycles. The summed E-state index contributed by atoms with van der Waals surface area (Å²) in [5, 5.41) is 3.18. The molecule has 2 aromatic heterocycles. The molecule has 0 atom stereocenters. The molecule has 2 rings (SSSR count). The number of pyridine rings is 2. The zero-order chi connectivity index (χ0) is 14.5. The Balaban J connectivity index is 2.18. The van der Waals surface area contributed by atoms with Gasteiger partial charge in [0, 0.05) is 25.0 Å². The predicted octanol–water partition coefficient (Wildman–Crippen LogP) is 2.45. The fourth-order valence-corrected chi connectivity index (χ4v) is 2.23. The molecule has 2 heterocycles. The van der Waals surface area contributed by atoms with E-state index in [0.717, 1.165) is 36.0 Å². The molecule has 1 N–H and O–H groups in total. The van der Waals surface area contributed by atoms with E-state index in [1.807, 2.05) is 39.1 Å². The van der Waals surface area contributed by atoms with Crippen molar-refractivity contribution < 1.29 is 0 Å². The number of nitrogens with one attached hydrogen (secondary N) is 1. The van der Waals surface area contributed by atoms with Gasteiger partial charge >= 0.3 is 0 Å². The van der Waals surface area contributed by atoms with E-state index in [1.54, 1.807) is 0 Å². The molecule has 0 aliphatic rings. The van der Waals surface area contributed by atoms with Crippen LogP contribution >= 0.6 is 0 Å². The first-order valence-corrected chi connectivity index (χ1v) is 6.84. The van der Waals surface area contributed by atoms with Crippen molar-refractivity contribution in [1.82, 2.24) is 15.3 Å². The molecular formula is C16H22N4. The lowest BCUT2D eigenvalue weighted by atomic mass is 10.2. The Hall–Kier alpha value is -1.94. The van der Waals surface area contributed by atoms with Crippen LogP contribution in [0.2, 0.25) is 0 Å². The van der Waals surface area contributed by atoms with Crippen molar-refractivity contribution in [1.29, 1.82) is 0 Å². The van der Waals surface area contributed by atoms with E-state index in [-0.39, 0.29) is 0 Å². The van der Waals surface area contributed by atoms with Crippen LogP contribution in [0.4, 0.5) is 5.82 Å². The lowest BCUT2D eigenvalue weighted by molar-refractivity contribution is 0.806. The van der Waals surface area contributed by atoms with E-state index >= 15 is 0 Å². The van der Waals surface area contributed by atoms with Crippen LogP contribution in [0, 0.1) is 13.8 Å². The third kappa shape index (κ3) is 3.78. The minimum Gasteiger partial charge on any atom is -0.354 e. The van der Waals surface area contributed by atoms with Crippen LogP contribution in [-0.4, -0.2) is 24.1 Å². The van der Waals surface area contributed by atoms with Gasteiger partial charge in [-0.3, -0.25) is 4.98 Å². The van der Waals surface area contributed by atoms with E-state index < -0.39 is 0 Å². The number of rotatable bonds is 5. The van der Waals surface area contributed by atoms with Crippen LogP contribution in [0.25, 0.3) is 0 Å². The van der Waals surface area contributed by atoms with Crippen LogP contribution in [0.5, 0.6) is 0 Å². The summed E-state index contributed by atoms with van der Waals surface area (Å²) >= 11 is 0. The van der Waals surface area contributed by atoms with E-state index in [1.165, 1.54) is 5.56 Å². The Morgan fingerprint density at radius 3 is 2.60 bits per heavy atom. The number of nitrogens with zero attached hydrogens (tertiary/aromatic N) is 3. The number of hydrogen-bond acceptors (Lipinski definition) is 4. The van der Waals surface area contributed by atoms with Gasteiger partial charge in [0.2, 0.25) is 0 Å². The van der Waals surface area contributed by atoms with Gasteiger partial charge in [0.05, 0.1) is 12.2 Å². The lowest BCUT2D eigenvalue weighted by Crippen LogP contribution is -2.19. The molecule has 20 heavy (non-hydrogen) atoms. The Labute approximate surface area is 120 Å². The second kappa shape index (κ2) is 6.48. The maximum absolute atomic E-state index is 4.60. The maximum atomic E-state index is 4.60. The summed E-state index contributed by atoms with van der Waals surface area (Å²) in [7, 11) is 4.00. The van der Waals surface area contributed by atoms with E-state index in [0.29, 0.717) is 0 Å². The average Bonchev–Trinajstić information content (AvgIpc) is 2.38. The molecule has 0 bridgehead atoms.